The van der Waals surface area contributed by atoms with E-state index in [-0.39, 0.29) is 0 Å². The summed E-state index contributed by atoms with van der Waals surface area (Å²) in [5.41, 5.74) is 0. The van der Waals surface area contributed by atoms with Gasteiger partial charge in [-0.2, -0.15) is 0 Å². The Hall–Kier alpha value is -0.0400. The van der Waals surface area contributed by atoms with Crippen molar-refractivity contribution in [3.8, 4) is 0 Å². The topological polar surface area (TPSA) is 12.0 Å². The monoisotopic (exact) mass is 223 g/mol. The van der Waals surface area contributed by atoms with Crippen molar-refractivity contribution >= 4 is 0 Å². The van der Waals surface area contributed by atoms with Crippen LogP contribution in [0, 0.1) is 17.8 Å². The molecule has 2 aliphatic rings. The average Bonchev–Trinajstić information content (AvgIpc) is 2.19. The molecule has 0 aromatic carbocycles. The summed E-state index contributed by atoms with van der Waals surface area (Å²) < 4.78 is 0. The van der Waals surface area contributed by atoms with Gasteiger partial charge in [0.1, 0.15) is 0 Å². The molecule has 2 rings (SSSR count). The molecule has 0 heterocycles. The summed E-state index contributed by atoms with van der Waals surface area (Å²) >= 11 is 0. The first kappa shape index (κ1) is 12.4. The fraction of sp³-hybridized carbons (Fsp3) is 1.00. The maximum atomic E-state index is 3.90. The Labute approximate surface area is 101 Å². The summed E-state index contributed by atoms with van der Waals surface area (Å²) in [6.45, 7) is 7.26. The van der Waals surface area contributed by atoms with Crippen LogP contribution in [0.5, 0.6) is 0 Å². The van der Waals surface area contributed by atoms with Crippen LogP contribution in [-0.4, -0.2) is 12.1 Å². The minimum absolute atomic E-state index is 0.739. The maximum Gasteiger partial charge on any atom is 0.00977 e. The van der Waals surface area contributed by atoms with Gasteiger partial charge in [-0.15, -0.1) is 0 Å². The smallest absolute Gasteiger partial charge is 0.00977 e. The van der Waals surface area contributed by atoms with Gasteiger partial charge < -0.3 is 5.32 Å². The lowest BCUT2D eigenvalue weighted by atomic mass is 9.77. The van der Waals surface area contributed by atoms with Gasteiger partial charge in [-0.1, -0.05) is 46.0 Å². The molecule has 1 N–H and O–H groups in total. The molecule has 16 heavy (non-hydrogen) atoms. The molecule has 0 saturated heterocycles. The second kappa shape index (κ2) is 5.53. The van der Waals surface area contributed by atoms with Gasteiger partial charge in [0.25, 0.3) is 0 Å². The first-order chi connectivity index (χ1) is 7.66. The van der Waals surface area contributed by atoms with Gasteiger partial charge in [0.15, 0.2) is 0 Å². The first-order valence-electron chi connectivity index (χ1n) is 7.43. The van der Waals surface area contributed by atoms with Gasteiger partial charge >= 0.3 is 0 Å². The van der Waals surface area contributed by atoms with Crippen molar-refractivity contribution in [2.75, 3.05) is 0 Å². The van der Waals surface area contributed by atoms with Crippen LogP contribution in [0.15, 0.2) is 0 Å². The summed E-state index contributed by atoms with van der Waals surface area (Å²) in [7, 11) is 0. The van der Waals surface area contributed by atoms with E-state index in [4.69, 9.17) is 0 Å². The normalized spacial score (nSPS) is 38.1. The number of hydrogen-bond donors (Lipinski definition) is 1. The van der Waals surface area contributed by atoms with Crippen molar-refractivity contribution in [2.24, 2.45) is 17.8 Å². The largest absolute Gasteiger partial charge is 0.311 e. The van der Waals surface area contributed by atoms with Crippen molar-refractivity contribution in [1.29, 1.82) is 0 Å². The molecule has 0 aromatic heterocycles. The second-order valence-electron chi connectivity index (χ2n) is 6.47. The highest BCUT2D eigenvalue weighted by Crippen LogP contribution is 2.32. The van der Waals surface area contributed by atoms with E-state index in [0.717, 1.165) is 29.8 Å². The molecule has 4 unspecified atom stereocenters. The molecule has 2 saturated carbocycles. The standard InChI is InChI=1S/C15H29N/c1-11-6-4-9-15(13(11)3)16-12(2)10-14-7-5-8-14/h11-16H,4-10H2,1-3H3. The van der Waals surface area contributed by atoms with Crippen molar-refractivity contribution in [3.63, 3.8) is 0 Å². The van der Waals surface area contributed by atoms with E-state index in [1.54, 1.807) is 0 Å². The Morgan fingerprint density at radius 1 is 1.06 bits per heavy atom. The van der Waals surface area contributed by atoms with Crippen molar-refractivity contribution in [2.45, 2.75) is 77.8 Å². The first-order valence-corrected chi connectivity index (χ1v) is 7.43. The summed E-state index contributed by atoms with van der Waals surface area (Å²) in [5, 5.41) is 3.90. The van der Waals surface area contributed by atoms with Crippen LogP contribution in [0.4, 0.5) is 0 Å². The Balaban J connectivity index is 1.74. The van der Waals surface area contributed by atoms with E-state index in [0.29, 0.717) is 0 Å². The maximum absolute atomic E-state index is 3.90. The zero-order valence-corrected chi connectivity index (χ0v) is 11.3. The zero-order chi connectivity index (χ0) is 11.5. The van der Waals surface area contributed by atoms with E-state index in [1.165, 1.54) is 44.9 Å². The lowest BCUT2D eigenvalue weighted by molar-refractivity contribution is 0.179. The van der Waals surface area contributed by atoms with Gasteiger partial charge in [-0.05, 0) is 37.5 Å². The fourth-order valence-electron chi connectivity index (χ4n) is 3.48. The van der Waals surface area contributed by atoms with Gasteiger partial charge in [0, 0.05) is 12.1 Å². The SMILES string of the molecule is CC(CC1CCC1)NC1CCCC(C)C1C. The molecule has 4 atom stereocenters. The number of nitrogens with one attached hydrogen (secondary N) is 1. The molecule has 94 valence electrons. The van der Waals surface area contributed by atoms with Crippen LogP contribution in [0.25, 0.3) is 0 Å². The van der Waals surface area contributed by atoms with Crippen molar-refractivity contribution in [3.05, 3.63) is 0 Å². The zero-order valence-electron chi connectivity index (χ0n) is 11.3. The molecule has 2 aliphatic carbocycles. The molecule has 2 fully saturated rings. The minimum Gasteiger partial charge on any atom is -0.311 e. The van der Waals surface area contributed by atoms with Crippen LogP contribution in [0.3, 0.4) is 0 Å². The molecule has 0 aliphatic heterocycles. The summed E-state index contributed by atoms with van der Waals surface area (Å²) in [6, 6.07) is 1.53. The van der Waals surface area contributed by atoms with Gasteiger partial charge in [-0.3, -0.25) is 0 Å². The highest BCUT2D eigenvalue weighted by Gasteiger charge is 2.28. The quantitative estimate of drug-likeness (QED) is 0.760. The molecule has 0 amide bonds. The highest BCUT2D eigenvalue weighted by molar-refractivity contribution is 4.85. The molecule has 1 heteroatoms. The average molecular weight is 223 g/mol. The summed E-state index contributed by atoms with van der Waals surface area (Å²) in [4.78, 5) is 0. The lowest BCUT2D eigenvalue weighted by Crippen LogP contribution is -2.45. The van der Waals surface area contributed by atoms with Gasteiger partial charge in [0.05, 0.1) is 0 Å². The molecule has 0 radical (unpaired) electrons. The molecule has 0 bridgehead atoms. The second-order valence-corrected chi connectivity index (χ2v) is 6.47. The van der Waals surface area contributed by atoms with E-state index in [9.17, 15) is 0 Å². The predicted octanol–water partition coefficient (Wildman–Crippen LogP) is 3.98. The van der Waals surface area contributed by atoms with Gasteiger partial charge in [0.2, 0.25) is 0 Å². The van der Waals surface area contributed by atoms with Crippen LogP contribution >= 0.6 is 0 Å². The minimum atomic E-state index is 0.739. The predicted molar refractivity (Wildman–Crippen MR) is 70.5 cm³/mol. The third-order valence-corrected chi connectivity index (χ3v) is 5.12. The Bertz CT molecular complexity index is 209. The Morgan fingerprint density at radius 2 is 1.75 bits per heavy atom. The molecule has 1 nitrogen and oxygen atoms in total. The van der Waals surface area contributed by atoms with E-state index < -0.39 is 0 Å². The van der Waals surface area contributed by atoms with Crippen LogP contribution in [0.2, 0.25) is 0 Å². The number of hydrogen-bond acceptors (Lipinski definition) is 1. The molecular formula is C15H29N. The molecule has 0 spiro atoms. The third kappa shape index (κ3) is 3.00. The van der Waals surface area contributed by atoms with Crippen LogP contribution < -0.4 is 5.32 Å². The third-order valence-electron chi connectivity index (χ3n) is 5.12. The van der Waals surface area contributed by atoms with Gasteiger partial charge in [-0.25, -0.2) is 0 Å². The number of rotatable bonds is 4. The van der Waals surface area contributed by atoms with Crippen molar-refractivity contribution in [1.82, 2.24) is 5.32 Å². The van der Waals surface area contributed by atoms with Crippen LogP contribution in [0.1, 0.15) is 65.7 Å². The van der Waals surface area contributed by atoms with Crippen LogP contribution in [-0.2, 0) is 0 Å². The molecule has 0 aromatic rings. The lowest BCUT2D eigenvalue weighted by Gasteiger charge is -2.38. The Morgan fingerprint density at radius 3 is 2.38 bits per heavy atom. The summed E-state index contributed by atoms with van der Waals surface area (Å²) in [6.07, 6.45) is 10.1. The fourth-order valence-corrected chi connectivity index (χ4v) is 3.48. The van der Waals surface area contributed by atoms with Crippen molar-refractivity contribution < 1.29 is 0 Å². The van der Waals surface area contributed by atoms with E-state index in [2.05, 4.69) is 26.1 Å². The van der Waals surface area contributed by atoms with E-state index in [1.807, 2.05) is 0 Å². The molecular weight excluding hydrogens is 194 g/mol. The van der Waals surface area contributed by atoms with E-state index >= 15 is 0 Å². The summed E-state index contributed by atoms with van der Waals surface area (Å²) in [5.74, 6) is 2.83. The highest BCUT2D eigenvalue weighted by atomic mass is 15.0. The Kier molecular flexibility index (Phi) is 4.29.